The zero-order valence-electron chi connectivity index (χ0n) is 20.2. The van der Waals surface area contributed by atoms with Crippen LogP contribution < -0.4 is 5.32 Å². The van der Waals surface area contributed by atoms with Crippen LogP contribution in [0.15, 0.2) is 57.9 Å². The lowest BCUT2D eigenvalue weighted by Gasteiger charge is -2.30. The molecule has 12 heteroatoms. The Morgan fingerprint density at radius 1 is 1.05 bits per heavy atom. The molecule has 2 fully saturated rings. The topological polar surface area (TPSA) is 118 Å². The van der Waals surface area contributed by atoms with Gasteiger partial charge in [0.1, 0.15) is 0 Å². The second-order valence-electron chi connectivity index (χ2n) is 9.10. The summed E-state index contributed by atoms with van der Waals surface area (Å²) in [6.45, 7) is 3.44. The number of sulfonamides is 1. The van der Waals surface area contributed by atoms with Crippen LogP contribution in [0.5, 0.6) is 0 Å². The van der Waals surface area contributed by atoms with E-state index < -0.39 is 10.0 Å². The van der Waals surface area contributed by atoms with E-state index in [1.54, 1.807) is 24.3 Å². The number of likely N-dealkylation sites (tertiary alicyclic amines) is 1. The SMILES string of the molecule is O=C(Nc1ccc(S(=O)(=O)N2CCOCC2)cc1)C1CCN(Cc2nc(-c3cccc(Cl)c3)no2)CC1. The Morgan fingerprint density at radius 3 is 2.49 bits per heavy atom. The molecule has 0 bridgehead atoms. The van der Waals surface area contributed by atoms with Gasteiger partial charge in [0, 0.05) is 35.3 Å². The zero-order valence-corrected chi connectivity index (χ0v) is 21.7. The first-order chi connectivity index (χ1) is 17.9. The lowest BCUT2D eigenvalue weighted by Crippen LogP contribution is -2.40. The third-order valence-corrected chi connectivity index (χ3v) is 8.75. The fourth-order valence-electron chi connectivity index (χ4n) is 4.50. The number of aromatic nitrogens is 2. The standard InChI is InChI=1S/C25H28ClN5O5S/c26-20-3-1-2-19(16-20)24-28-23(36-29-24)17-30-10-8-18(9-11-30)25(32)27-21-4-6-22(7-5-21)37(33,34)31-12-14-35-15-13-31/h1-7,16,18H,8-15,17H2,(H,27,32). The molecule has 1 amide bonds. The lowest BCUT2D eigenvalue weighted by atomic mass is 9.96. The fraction of sp³-hybridized carbons (Fsp3) is 0.400. The molecule has 2 aromatic carbocycles. The van der Waals surface area contributed by atoms with Crippen molar-refractivity contribution < 1.29 is 22.5 Å². The van der Waals surface area contributed by atoms with Gasteiger partial charge in [-0.15, -0.1) is 0 Å². The third kappa shape index (κ3) is 6.19. The number of hydrogen-bond donors (Lipinski definition) is 1. The number of piperidine rings is 1. The van der Waals surface area contributed by atoms with E-state index in [0.717, 1.165) is 18.7 Å². The minimum absolute atomic E-state index is 0.0653. The van der Waals surface area contributed by atoms with Crippen LogP contribution in [-0.2, 0) is 26.1 Å². The summed E-state index contributed by atoms with van der Waals surface area (Å²) in [4.78, 5) is 19.7. The normalized spacial score (nSPS) is 18.1. The Bertz CT molecular complexity index is 1330. The van der Waals surface area contributed by atoms with E-state index in [0.29, 0.717) is 68.1 Å². The van der Waals surface area contributed by atoms with E-state index >= 15 is 0 Å². The van der Waals surface area contributed by atoms with Crippen molar-refractivity contribution in [2.75, 3.05) is 44.7 Å². The number of carbonyl (C=O) groups excluding carboxylic acids is 1. The number of amides is 1. The van der Waals surface area contributed by atoms with Gasteiger partial charge in [0.05, 0.1) is 24.7 Å². The fourth-order valence-corrected chi connectivity index (χ4v) is 6.10. The largest absolute Gasteiger partial charge is 0.379 e. The number of halogens is 1. The smallest absolute Gasteiger partial charge is 0.243 e. The van der Waals surface area contributed by atoms with E-state index in [1.807, 2.05) is 12.1 Å². The number of ether oxygens (including phenoxy) is 1. The quantitative estimate of drug-likeness (QED) is 0.480. The Balaban J connectivity index is 1.11. The molecule has 3 aromatic rings. The van der Waals surface area contributed by atoms with E-state index in [1.165, 1.54) is 16.4 Å². The minimum atomic E-state index is -3.56. The molecule has 0 radical (unpaired) electrons. The average Bonchev–Trinajstić information content (AvgIpc) is 3.38. The molecule has 2 aliphatic rings. The predicted octanol–water partition coefficient (Wildman–Crippen LogP) is 3.26. The minimum Gasteiger partial charge on any atom is -0.379 e. The third-order valence-electron chi connectivity index (χ3n) is 6.60. The number of benzene rings is 2. The van der Waals surface area contributed by atoms with Gasteiger partial charge in [-0.25, -0.2) is 8.42 Å². The Morgan fingerprint density at radius 2 is 1.78 bits per heavy atom. The van der Waals surface area contributed by atoms with Crippen LogP contribution in [0.3, 0.4) is 0 Å². The van der Waals surface area contributed by atoms with Crippen LogP contribution in [-0.4, -0.2) is 73.1 Å². The van der Waals surface area contributed by atoms with E-state index in [-0.39, 0.29) is 16.7 Å². The second-order valence-corrected chi connectivity index (χ2v) is 11.5. The van der Waals surface area contributed by atoms with Gasteiger partial charge in [-0.05, 0) is 62.3 Å². The lowest BCUT2D eigenvalue weighted by molar-refractivity contribution is -0.121. The summed E-state index contributed by atoms with van der Waals surface area (Å²) < 4.78 is 37.6. The van der Waals surface area contributed by atoms with Crippen LogP contribution in [0.1, 0.15) is 18.7 Å². The molecule has 0 saturated carbocycles. The van der Waals surface area contributed by atoms with E-state index in [9.17, 15) is 13.2 Å². The number of hydrogen-bond acceptors (Lipinski definition) is 8. The molecule has 0 aliphatic carbocycles. The molecule has 196 valence electrons. The number of morpholine rings is 1. The summed E-state index contributed by atoms with van der Waals surface area (Å²) >= 11 is 6.04. The maximum atomic E-state index is 12.8. The summed E-state index contributed by atoms with van der Waals surface area (Å²) in [7, 11) is -3.56. The summed E-state index contributed by atoms with van der Waals surface area (Å²) in [5.74, 6) is 0.822. The molecule has 5 rings (SSSR count). The Hall–Kier alpha value is -2.83. The molecule has 0 unspecified atom stereocenters. The Labute approximate surface area is 220 Å². The Kier molecular flexibility index (Phi) is 7.87. The summed E-state index contributed by atoms with van der Waals surface area (Å²) in [6, 6.07) is 13.6. The van der Waals surface area contributed by atoms with Crippen molar-refractivity contribution >= 4 is 33.2 Å². The molecule has 2 saturated heterocycles. The van der Waals surface area contributed by atoms with Crippen molar-refractivity contribution in [2.24, 2.45) is 5.92 Å². The highest BCUT2D eigenvalue weighted by atomic mass is 35.5. The predicted molar refractivity (Wildman–Crippen MR) is 137 cm³/mol. The van der Waals surface area contributed by atoms with Gasteiger partial charge in [0.2, 0.25) is 27.6 Å². The molecule has 37 heavy (non-hydrogen) atoms. The summed E-state index contributed by atoms with van der Waals surface area (Å²) in [5.41, 5.74) is 1.37. The average molecular weight is 546 g/mol. The van der Waals surface area contributed by atoms with Crippen molar-refractivity contribution in [3.8, 4) is 11.4 Å². The van der Waals surface area contributed by atoms with Gasteiger partial charge in [-0.1, -0.05) is 28.9 Å². The number of nitrogens with one attached hydrogen (secondary N) is 1. The monoisotopic (exact) mass is 545 g/mol. The first-order valence-electron chi connectivity index (χ1n) is 12.2. The maximum absolute atomic E-state index is 12.8. The van der Waals surface area contributed by atoms with Crippen LogP contribution in [0, 0.1) is 5.92 Å². The van der Waals surface area contributed by atoms with Crippen LogP contribution in [0.25, 0.3) is 11.4 Å². The van der Waals surface area contributed by atoms with Gasteiger partial charge in [-0.2, -0.15) is 9.29 Å². The van der Waals surface area contributed by atoms with Gasteiger partial charge >= 0.3 is 0 Å². The molecular formula is C25H28ClN5O5S. The van der Waals surface area contributed by atoms with E-state index in [4.69, 9.17) is 20.9 Å². The van der Waals surface area contributed by atoms with Gasteiger partial charge in [-0.3, -0.25) is 9.69 Å². The van der Waals surface area contributed by atoms with E-state index in [2.05, 4.69) is 20.4 Å². The zero-order chi connectivity index (χ0) is 25.8. The van der Waals surface area contributed by atoms with Crippen molar-refractivity contribution in [3.05, 3.63) is 59.4 Å². The van der Waals surface area contributed by atoms with Crippen LogP contribution in [0.4, 0.5) is 5.69 Å². The molecule has 0 spiro atoms. The number of carbonyl (C=O) groups is 1. The van der Waals surface area contributed by atoms with Gasteiger partial charge in [0.15, 0.2) is 0 Å². The first kappa shape index (κ1) is 25.8. The van der Waals surface area contributed by atoms with Crippen LogP contribution >= 0.6 is 11.6 Å². The molecule has 2 aliphatic heterocycles. The molecule has 10 nitrogen and oxygen atoms in total. The first-order valence-corrected chi connectivity index (χ1v) is 14.0. The summed E-state index contributed by atoms with van der Waals surface area (Å²) in [5, 5.41) is 7.58. The molecular weight excluding hydrogens is 518 g/mol. The number of anilines is 1. The number of nitrogens with zero attached hydrogens (tertiary/aromatic N) is 4. The highest BCUT2D eigenvalue weighted by Gasteiger charge is 2.28. The maximum Gasteiger partial charge on any atom is 0.243 e. The molecule has 0 atom stereocenters. The highest BCUT2D eigenvalue weighted by molar-refractivity contribution is 7.89. The van der Waals surface area contributed by atoms with Gasteiger partial charge < -0.3 is 14.6 Å². The van der Waals surface area contributed by atoms with Crippen molar-refractivity contribution in [2.45, 2.75) is 24.3 Å². The van der Waals surface area contributed by atoms with Gasteiger partial charge in [0.25, 0.3) is 0 Å². The van der Waals surface area contributed by atoms with Crippen molar-refractivity contribution in [3.63, 3.8) is 0 Å². The van der Waals surface area contributed by atoms with Crippen molar-refractivity contribution in [1.29, 1.82) is 0 Å². The van der Waals surface area contributed by atoms with Crippen LogP contribution in [0.2, 0.25) is 5.02 Å². The molecule has 1 aromatic heterocycles. The van der Waals surface area contributed by atoms with Crippen molar-refractivity contribution in [1.82, 2.24) is 19.3 Å². The highest BCUT2D eigenvalue weighted by Crippen LogP contribution is 2.24. The number of rotatable bonds is 7. The molecule has 1 N–H and O–H groups in total. The molecule has 3 heterocycles. The summed E-state index contributed by atoms with van der Waals surface area (Å²) in [6.07, 6.45) is 1.40. The second kappa shape index (κ2) is 11.3.